The fourth-order valence-electron chi connectivity index (χ4n) is 6.98. The minimum Gasteiger partial charge on any atom is -0.390 e. The highest BCUT2D eigenvalue weighted by atomic mass is 16.3. The van der Waals surface area contributed by atoms with Crippen molar-refractivity contribution in [3.05, 3.63) is 81.9 Å². The number of benzene rings is 2. The van der Waals surface area contributed by atoms with Gasteiger partial charge < -0.3 is 36.1 Å². The van der Waals surface area contributed by atoms with Crippen LogP contribution in [0.4, 0.5) is 11.9 Å². The number of unbranched alkanes of at least 4 members (excludes halogenated alkanes) is 1. The molecule has 6 aromatic rings. The summed E-state index contributed by atoms with van der Waals surface area (Å²) in [5.74, 6) is -0.783. The Kier molecular flexibility index (Phi) is 11.6. The molecule has 0 spiro atoms. The van der Waals surface area contributed by atoms with Crippen LogP contribution >= 0.6 is 0 Å². The smallest absolute Gasteiger partial charge is 0.276 e. The molecule has 18 nitrogen and oxygen atoms in total. The Morgan fingerprint density at radius 3 is 1.96 bits per heavy atom. The van der Waals surface area contributed by atoms with E-state index in [4.69, 9.17) is 16.5 Å². The summed E-state index contributed by atoms with van der Waals surface area (Å²) < 4.78 is 6.92. The molecule has 0 aliphatic carbocycles. The maximum atomic E-state index is 14.2. The van der Waals surface area contributed by atoms with E-state index in [0.29, 0.717) is 89.5 Å². The molecule has 3 amide bonds. The van der Waals surface area contributed by atoms with Crippen molar-refractivity contribution in [3.8, 4) is 0 Å². The number of hydrogen-bond donors (Lipinski definition) is 6. The summed E-state index contributed by atoms with van der Waals surface area (Å²) in [6, 6.07) is 11.7. The number of primary amides is 2. The van der Waals surface area contributed by atoms with Gasteiger partial charge in [0.05, 0.1) is 45.7 Å². The molecule has 18 heteroatoms. The van der Waals surface area contributed by atoms with E-state index in [1.165, 1.54) is 4.68 Å². The average Bonchev–Trinajstić information content (AvgIpc) is 3.92. The van der Waals surface area contributed by atoms with Crippen molar-refractivity contribution in [1.29, 1.82) is 0 Å². The normalized spacial score (nSPS) is 12.6. The van der Waals surface area contributed by atoms with Crippen molar-refractivity contribution in [2.45, 2.75) is 84.8 Å². The molecule has 56 heavy (non-hydrogen) atoms. The molecule has 0 saturated heterocycles. The van der Waals surface area contributed by atoms with Gasteiger partial charge in [-0.15, -0.1) is 0 Å². The van der Waals surface area contributed by atoms with Crippen LogP contribution in [0.1, 0.15) is 84.8 Å². The van der Waals surface area contributed by atoms with Crippen molar-refractivity contribution in [3.63, 3.8) is 0 Å². The van der Waals surface area contributed by atoms with Gasteiger partial charge in [0.25, 0.3) is 5.91 Å². The quantitative estimate of drug-likeness (QED) is 0.0547. The lowest BCUT2D eigenvalue weighted by molar-refractivity contribution is 0.0120. The first-order chi connectivity index (χ1) is 26.8. The molecule has 4 heterocycles. The Bertz CT molecular complexity index is 2440. The highest BCUT2D eigenvalue weighted by Gasteiger charge is 2.28. The number of nitrogens with zero attached hydrogens (tertiary/aromatic N) is 8. The van der Waals surface area contributed by atoms with Crippen molar-refractivity contribution in [2.75, 3.05) is 17.7 Å². The van der Waals surface area contributed by atoms with Gasteiger partial charge in [-0.05, 0) is 82.5 Å². The molecule has 4 aromatic heterocycles. The molecule has 0 bridgehead atoms. The van der Waals surface area contributed by atoms with E-state index in [1.54, 1.807) is 62.0 Å². The lowest BCUT2D eigenvalue weighted by atomic mass is 9.99. The number of carbonyl (C=O) groups excluding carboxylic acids is 4. The molecule has 0 aliphatic rings. The SMILES string of the molecule is CCn1nc(C)c(CC(O)C(O)CCn2nc(C)cc2C=O)c1C(=O)Nc1nc2cc(C(N)=O)ccc2n1CCCCn1c(NC)nc2cc(C(N)=O)ccc21. The van der Waals surface area contributed by atoms with Crippen LogP contribution in [0.3, 0.4) is 0 Å². The van der Waals surface area contributed by atoms with Gasteiger partial charge in [0.15, 0.2) is 6.29 Å². The van der Waals surface area contributed by atoms with Gasteiger partial charge in [-0.2, -0.15) is 10.2 Å². The van der Waals surface area contributed by atoms with Crippen LogP contribution in [-0.2, 0) is 32.6 Å². The Morgan fingerprint density at radius 1 is 0.821 bits per heavy atom. The molecule has 0 aliphatic heterocycles. The number of aliphatic hydroxyl groups excluding tert-OH is 2. The van der Waals surface area contributed by atoms with E-state index in [1.807, 2.05) is 22.1 Å². The number of carbonyl (C=O) groups is 4. The fraction of sp³-hybridized carbons (Fsp3) is 0.368. The van der Waals surface area contributed by atoms with Crippen molar-refractivity contribution >= 4 is 58.0 Å². The number of fused-ring (bicyclic) bond motifs is 2. The highest BCUT2D eigenvalue weighted by Crippen LogP contribution is 2.26. The summed E-state index contributed by atoms with van der Waals surface area (Å²) in [6.07, 6.45) is -0.326. The molecule has 0 fully saturated rings. The number of amides is 3. The Labute approximate surface area is 321 Å². The number of hydrogen-bond acceptors (Lipinski definition) is 11. The fourth-order valence-corrected chi connectivity index (χ4v) is 6.98. The maximum absolute atomic E-state index is 14.2. The van der Waals surface area contributed by atoms with Crippen molar-refractivity contribution in [1.82, 2.24) is 38.7 Å². The molecule has 294 valence electrons. The number of nitrogens with one attached hydrogen (secondary N) is 2. The second-order valence-corrected chi connectivity index (χ2v) is 13.6. The van der Waals surface area contributed by atoms with Crippen molar-refractivity contribution < 1.29 is 29.4 Å². The first-order valence-electron chi connectivity index (χ1n) is 18.3. The number of aliphatic hydroxyl groups is 2. The minimum absolute atomic E-state index is 0.0613. The predicted octanol–water partition coefficient (Wildman–Crippen LogP) is 2.56. The Balaban J connectivity index is 1.22. The van der Waals surface area contributed by atoms with Gasteiger partial charge in [-0.25, -0.2) is 9.97 Å². The van der Waals surface area contributed by atoms with Crippen LogP contribution in [0.25, 0.3) is 22.1 Å². The van der Waals surface area contributed by atoms with E-state index >= 15 is 0 Å². The molecule has 8 N–H and O–H groups in total. The lowest BCUT2D eigenvalue weighted by Gasteiger charge is -2.19. The third kappa shape index (κ3) is 8.01. The van der Waals surface area contributed by atoms with Crippen LogP contribution < -0.4 is 22.1 Å². The Morgan fingerprint density at radius 2 is 1.41 bits per heavy atom. The zero-order chi connectivity index (χ0) is 40.3. The average molecular weight is 767 g/mol. The van der Waals surface area contributed by atoms with Crippen molar-refractivity contribution in [2.24, 2.45) is 11.5 Å². The summed E-state index contributed by atoms with van der Waals surface area (Å²) in [7, 11) is 1.77. The van der Waals surface area contributed by atoms with Gasteiger partial charge in [-0.3, -0.25) is 33.9 Å². The number of aryl methyl sites for hydroxylation is 6. The van der Waals surface area contributed by atoms with E-state index in [2.05, 4.69) is 25.8 Å². The Hall–Kier alpha value is -6.40. The molecular weight excluding hydrogens is 720 g/mol. The van der Waals surface area contributed by atoms with Crippen LogP contribution in [0.2, 0.25) is 0 Å². The predicted molar refractivity (Wildman–Crippen MR) is 209 cm³/mol. The van der Waals surface area contributed by atoms with E-state index in [-0.39, 0.29) is 36.6 Å². The summed E-state index contributed by atoms with van der Waals surface area (Å²) >= 11 is 0. The molecular formula is C38H46N12O6. The summed E-state index contributed by atoms with van der Waals surface area (Å²) in [5, 5.41) is 36.9. The third-order valence-electron chi connectivity index (χ3n) is 9.84. The molecule has 2 unspecified atom stereocenters. The number of aromatic nitrogens is 8. The first-order valence-corrected chi connectivity index (χ1v) is 18.3. The molecule has 6 rings (SSSR count). The van der Waals surface area contributed by atoms with Crippen LogP contribution in [0.15, 0.2) is 42.5 Å². The second-order valence-electron chi connectivity index (χ2n) is 13.6. The third-order valence-corrected chi connectivity index (χ3v) is 9.84. The number of anilines is 2. The number of nitrogens with two attached hydrogens (primary N) is 2. The zero-order valence-electron chi connectivity index (χ0n) is 31.7. The van der Waals surface area contributed by atoms with Gasteiger partial charge in [0, 0.05) is 56.3 Å². The topological polar surface area (TPSA) is 256 Å². The number of imidazole rings is 2. The second kappa shape index (κ2) is 16.5. The van der Waals surface area contributed by atoms with Gasteiger partial charge in [0.1, 0.15) is 11.4 Å². The van der Waals surface area contributed by atoms with Gasteiger partial charge >= 0.3 is 0 Å². The van der Waals surface area contributed by atoms with Crippen LogP contribution in [0, 0.1) is 13.8 Å². The summed E-state index contributed by atoms with van der Waals surface area (Å²) in [4.78, 5) is 58.7. The summed E-state index contributed by atoms with van der Waals surface area (Å²) in [6.45, 7) is 6.94. The van der Waals surface area contributed by atoms with Gasteiger partial charge in [-0.1, -0.05) is 0 Å². The number of aldehydes is 1. The first kappa shape index (κ1) is 39.3. The highest BCUT2D eigenvalue weighted by molar-refractivity contribution is 6.04. The van der Waals surface area contributed by atoms with Gasteiger partial charge in [0.2, 0.25) is 23.7 Å². The largest absolute Gasteiger partial charge is 0.390 e. The standard InChI is InChI=1S/C38H46N12O6/c1-5-49-33(26(22(3)46-49)19-32(53)31(52)12-15-50-25(20-51)16-21(2)45-50)36(56)44-38-43-28-18-24(35(40)55)9-11-30(28)48(38)14-7-6-13-47-29-10-8-23(34(39)54)17-27(29)42-37(47)41-4/h8-11,16-18,20,31-32,52-53H,5-7,12-15,19H2,1-4H3,(H2,39,54)(H2,40,55)(H,41,42)(H,43,44,56). The molecule has 2 aromatic carbocycles. The lowest BCUT2D eigenvalue weighted by Crippen LogP contribution is -2.31. The van der Waals surface area contributed by atoms with Crippen LogP contribution in [0.5, 0.6) is 0 Å². The monoisotopic (exact) mass is 766 g/mol. The maximum Gasteiger partial charge on any atom is 0.276 e. The van der Waals surface area contributed by atoms with E-state index < -0.39 is 29.9 Å². The van der Waals surface area contributed by atoms with E-state index in [9.17, 15) is 29.4 Å². The summed E-state index contributed by atoms with van der Waals surface area (Å²) in [5.41, 5.74) is 16.5. The van der Waals surface area contributed by atoms with E-state index in [0.717, 1.165) is 5.52 Å². The molecule has 0 saturated carbocycles. The van der Waals surface area contributed by atoms with Crippen LogP contribution in [-0.4, -0.2) is 92.1 Å². The molecule has 2 atom stereocenters. The zero-order valence-corrected chi connectivity index (χ0v) is 31.7. The molecule has 0 radical (unpaired) electrons. The number of rotatable bonds is 18. The minimum atomic E-state index is -1.25.